The van der Waals surface area contributed by atoms with Crippen molar-refractivity contribution in [1.82, 2.24) is 0 Å². The highest BCUT2D eigenvalue weighted by Gasteiger charge is 2.04. The van der Waals surface area contributed by atoms with Gasteiger partial charge in [-0.1, -0.05) is 12.2 Å². The van der Waals surface area contributed by atoms with Crippen LogP contribution in [0.4, 0.5) is 10.1 Å². The molecular weight excluding hydrogens is 263 g/mol. The third kappa shape index (κ3) is 5.98. The highest BCUT2D eigenvalue weighted by Crippen LogP contribution is 2.15. The Morgan fingerprint density at radius 1 is 1.42 bits per heavy atom. The van der Waals surface area contributed by atoms with E-state index in [0.29, 0.717) is 17.8 Å². The van der Waals surface area contributed by atoms with Crippen LogP contribution in [0.3, 0.4) is 0 Å². The molecule has 0 spiro atoms. The first kappa shape index (κ1) is 15.9. The Morgan fingerprint density at radius 3 is 2.74 bits per heavy atom. The molecule has 5 heteroatoms. The fraction of sp³-hybridized carbons (Fsp3) is 0.500. The molecule has 3 nitrogen and oxygen atoms in total. The van der Waals surface area contributed by atoms with E-state index >= 15 is 0 Å². The molecule has 0 heterocycles. The smallest absolute Gasteiger partial charge is 0.146 e. The number of benzene rings is 1. The molecule has 1 aromatic rings. The quantitative estimate of drug-likeness (QED) is 0.569. The summed E-state index contributed by atoms with van der Waals surface area (Å²) in [7, 11) is 0. The van der Waals surface area contributed by atoms with Gasteiger partial charge in [-0.05, 0) is 44.9 Å². The number of nitrogens with one attached hydrogen (secondary N) is 1. The zero-order valence-corrected chi connectivity index (χ0v) is 12.2. The molecule has 0 radical (unpaired) electrons. The van der Waals surface area contributed by atoms with E-state index < -0.39 is 0 Å². The van der Waals surface area contributed by atoms with Crippen molar-refractivity contribution in [2.24, 2.45) is 5.73 Å². The van der Waals surface area contributed by atoms with Gasteiger partial charge in [0.25, 0.3) is 0 Å². The first-order chi connectivity index (χ1) is 9.00. The summed E-state index contributed by atoms with van der Waals surface area (Å²) < 4.78 is 19.1. The zero-order chi connectivity index (χ0) is 14.3. The Labute approximate surface area is 119 Å². The molecule has 0 unspecified atom stereocenters. The molecule has 0 aliphatic rings. The summed E-state index contributed by atoms with van der Waals surface area (Å²) in [4.78, 5) is 0.205. The summed E-state index contributed by atoms with van der Waals surface area (Å²) >= 11 is 4.80. The summed E-state index contributed by atoms with van der Waals surface area (Å²) in [5, 5.41) is 3.05. The minimum absolute atomic E-state index is 0.205. The van der Waals surface area contributed by atoms with Crippen LogP contribution in [0.5, 0.6) is 0 Å². The van der Waals surface area contributed by atoms with Crippen LogP contribution in [0.25, 0.3) is 0 Å². The molecule has 3 N–H and O–H groups in total. The molecule has 19 heavy (non-hydrogen) atoms. The summed E-state index contributed by atoms with van der Waals surface area (Å²) in [5.41, 5.74) is 6.46. The lowest BCUT2D eigenvalue weighted by molar-refractivity contribution is 0.0765. The normalized spacial score (nSPS) is 10.7. The molecule has 1 aromatic carbocycles. The number of nitrogens with two attached hydrogens (primary N) is 1. The number of thiocarbonyl (C=S) groups is 1. The SMILES string of the molecule is CC(C)OCCCCNc1ccc(C(N)=S)cc1F. The van der Waals surface area contributed by atoms with Crippen LogP contribution in [-0.4, -0.2) is 24.2 Å². The molecule has 0 atom stereocenters. The van der Waals surface area contributed by atoms with Crippen LogP contribution < -0.4 is 11.1 Å². The van der Waals surface area contributed by atoms with E-state index in [0.717, 1.165) is 19.4 Å². The number of anilines is 1. The Kier molecular flexibility index (Phi) is 6.73. The van der Waals surface area contributed by atoms with E-state index in [1.54, 1.807) is 12.1 Å². The van der Waals surface area contributed by atoms with E-state index in [1.807, 2.05) is 13.8 Å². The van der Waals surface area contributed by atoms with E-state index in [-0.39, 0.29) is 16.9 Å². The maximum atomic E-state index is 13.7. The van der Waals surface area contributed by atoms with Gasteiger partial charge in [-0.2, -0.15) is 0 Å². The second-order valence-corrected chi connectivity index (χ2v) is 5.05. The molecule has 0 aliphatic heterocycles. The lowest BCUT2D eigenvalue weighted by atomic mass is 10.2. The summed E-state index contributed by atoms with van der Waals surface area (Å²) in [5.74, 6) is -0.330. The minimum Gasteiger partial charge on any atom is -0.389 e. The van der Waals surface area contributed by atoms with E-state index in [2.05, 4.69) is 5.32 Å². The standard InChI is InChI=1S/C14H21FN2OS/c1-10(2)18-8-4-3-7-17-13-6-5-11(14(16)19)9-12(13)15/h5-6,9-10,17H,3-4,7-8H2,1-2H3,(H2,16,19). The van der Waals surface area contributed by atoms with Crippen LogP contribution in [0, 0.1) is 5.82 Å². The first-order valence-corrected chi connectivity index (χ1v) is 6.86. The number of ether oxygens (including phenoxy) is 1. The third-order valence-electron chi connectivity index (χ3n) is 2.59. The van der Waals surface area contributed by atoms with Gasteiger partial charge in [0, 0.05) is 18.7 Å². The Bertz CT molecular complexity index is 424. The van der Waals surface area contributed by atoms with Crippen molar-refractivity contribution < 1.29 is 9.13 Å². The van der Waals surface area contributed by atoms with Crippen LogP contribution in [0.2, 0.25) is 0 Å². The number of rotatable bonds is 8. The summed E-state index contributed by atoms with van der Waals surface area (Å²) in [6.45, 7) is 5.47. The topological polar surface area (TPSA) is 47.3 Å². The van der Waals surface area contributed by atoms with Crippen molar-refractivity contribution in [3.63, 3.8) is 0 Å². The monoisotopic (exact) mass is 284 g/mol. The molecule has 0 saturated heterocycles. The van der Waals surface area contributed by atoms with Gasteiger partial charge in [-0.15, -0.1) is 0 Å². The Morgan fingerprint density at radius 2 is 2.16 bits per heavy atom. The Hall–Kier alpha value is -1.20. The van der Waals surface area contributed by atoms with Crippen LogP contribution in [0.1, 0.15) is 32.3 Å². The molecule has 0 amide bonds. The maximum Gasteiger partial charge on any atom is 0.146 e. The molecule has 106 valence electrons. The van der Waals surface area contributed by atoms with Crippen molar-refractivity contribution in [1.29, 1.82) is 0 Å². The zero-order valence-electron chi connectivity index (χ0n) is 11.4. The number of hydrogen-bond donors (Lipinski definition) is 2. The van der Waals surface area contributed by atoms with Crippen molar-refractivity contribution >= 4 is 22.9 Å². The third-order valence-corrected chi connectivity index (χ3v) is 2.83. The lowest BCUT2D eigenvalue weighted by Crippen LogP contribution is -2.11. The van der Waals surface area contributed by atoms with Crippen molar-refractivity contribution in [2.45, 2.75) is 32.8 Å². The van der Waals surface area contributed by atoms with E-state index in [4.69, 9.17) is 22.7 Å². The molecule has 0 aliphatic carbocycles. The highest BCUT2D eigenvalue weighted by atomic mass is 32.1. The van der Waals surface area contributed by atoms with Crippen molar-refractivity contribution in [3.8, 4) is 0 Å². The average Bonchev–Trinajstić information content (AvgIpc) is 2.34. The molecular formula is C14H21FN2OS. The van der Waals surface area contributed by atoms with Gasteiger partial charge < -0.3 is 15.8 Å². The molecule has 0 fully saturated rings. The number of halogens is 1. The predicted octanol–water partition coefficient (Wildman–Crippen LogP) is 3.08. The van der Waals surface area contributed by atoms with Crippen LogP contribution >= 0.6 is 12.2 Å². The van der Waals surface area contributed by atoms with Gasteiger partial charge >= 0.3 is 0 Å². The fourth-order valence-electron chi connectivity index (χ4n) is 1.58. The Balaban J connectivity index is 2.32. The fourth-order valence-corrected chi connectivity index (χ4v) is 1.71. The largest absolute Gasteiger partial charge is 0.389 e. The van der Waals surface area contributed by atoms with Gasteiger partial charge in [-0.25, -0.2) is 4.39 Å². The minimum atomic E-state index is -0.330. The van der Waals surface area contributed by atoms with Crippen LogP contribution in [0.15, 0.2) is 18.2 Å². The molecule has 0 bridgehead atoms. The van der Waals surface area contributed by atoms with Crippen LogP contribution in [-0.2, 0) is 4.74 Å². The van der Waals surface area contributed by atoms with Crippen molar-refractivity contribution in [3.05, 3.63) is 29.6 Å². The van der Waals surface area contributed by atoms with Crippen molar-refractivity contribution in [2.75, 3.05) is 18.5 Å². The highest BCUT2D eigenvalue weighted by molar-refractivity contribution is 7.80. The first-order valence-electron chi connectivity index (χ1n) is 6.45. The summed E-state index contributed by atoms with van der Waals surface area (Å²) in [6, 6.07) is 4.73. The average molecular weight is 284 g/mol. The second kappa shape index (κ2) is 8.07. The van der Waals surface area contributed by atoms with E-state index in [1.165, 1.54) is 6.07 Å². The van der Waals surface area contributed by atoms with Gasteiger partial charge in [0.1, 0.15) is 10.8 Å². The second-order valence-electron chi connectivity index (χ2n) is 4.61. The van der Waals surface area contributed by atoms with Gasteiger partial charge in [0.15, 0.2) is 0 Å². The van der Waals surface area contributed by atoms with Gasteiger partial charge in [-0.3, -0.25) is 0 Å². The molecule has 0 aromatic heterocycles. The summed E-state index contributed by atoms with van der Waals surface area (Å²) in [6.07, 6.45) is 2.15. The number of hydrogen-bond acceptors (Lipinski definition) is 3. The van der Waals surface area contributed by atoms with E-state index in [9.17, 15) is 4.39 Å². The lowest BCUT2D eigenvalue weighted by Gasteiger charge is -2.10. The predicted molar refractivity (Wildman–Crippen MR) is 81.1 cm³/mol. The van der Waals surface area contributed by atoms with Gasteiger partial charge in [0.2, 0.25) is 0 Å². The number of unbranched alkanes of at least 4 members (excludes halogenated alkanes) is 1. The molecule has 0 saturated carbocycles. The molecule has 1 rings (SSSR count). The maximum absolute atomic E-state index is 13.7. The van der Waals surface area contributed by atoms with Gasteiger partial charge in [0.05, 0.1) is 11.8 Å².